The Labute approximate surface area is 191 Å². The van der Waals surface area contributed by atoms with Crippen LogP contribution in [-0.2, 0) is 20.4 Å². The molecule has 0 bridgehead atoms. The number of benzene rings is 2. The van der Waals surface area contributed by atoms with Gasteiger partial charge in [-0.05, 0) is 68.9 Å². The minimum absolute atomic E-state index is 0.467. The van der Waals surface area contributed by atoms with Crippen molar-refractivity contribution in [3.8, 4) is 0 Å². The van der Waals surface area contributed by atoms with E-state index in [-0.39, 0.29) is 0 Å². The van der Waals surface area contributed by atoms with Crippen molar-refractivity contribution in [2.24, 2.45) is 0 Å². The van der Waals surface area contributed by atoms with E-state index in [1.807, 2.05) is 37.3 Å². The lowest BCUT2D eigenvalue weighted by Gasteiger charge is -2.31. The summed E-state index contributed by atoms with van der Waals surface area (Å²) in [5.74, 6) is -1.06. The van der Waals surface area contributed by atoms with Gasteiger partial charge < -0.3 is 10.2 Å². The van der Waals surface area contributed by atoms with E-state index in [0.717, 1.165) is 55.6 Å². The van der Waals surface area contributed by atoms with E-state index in [0.29, 0.717) is 5.69 Å². The highest BCUT2D eigenvalue weighted by Crippen LogP contribution is 2.39. The summed E-state index contributed by atoms with van der Waals surface area (Å²) in [7, 11) is -3.81. The summed E-state index contributed by atoms with van der Waals surface area (Å²) in [6, 6.07) is 15.5. The number of aryl methyl sites for hydroxylation is 1. The van der Waals surface area contributed by atoms with Crippen LogP contribution in [0.5, 0.6) is 0 Å². The van der Waals surface area contributed by atoms with Crippen LogP contribution < -0.4 is 14.9 Å². The summed E-state index contributed by atoms with van der Waals surface area (Å²) >= 11 is 0. The number of carbonyl (C=O) groups excluding carboxylic acids is 1. The summed E-state index contributed by atoms with van der Waals surface area (Å²) in [5.41, 5.74) is 3.29. The van der Waals surface area contributed by atoms with Crippen LogP contribution >= 0.6 is 0 Å². The van der Waals surface area contributed by atoms with Gasteiger partial charge in [-0.15, -0.1) is 0 Å². The molecule has 0 spiro atoms. The molecule has 0 unspecified atom stereocenters. The molecule has 2 aromatic rings. The van der Waals surface area contributed by atoms with Crippen molar-refractivity contribution in [1.82, 2.24) is 5.32 Å². The minimum atomic E-state index is -3.81. The number of sulfonamides is 1. The molecule has 0 atom stereocenters. The first-order chi connectivity index (χ1) is 15.4. The molecule has 1 amide bonds. The van der Waals surface area contributed by atoms with Gasteiger partial charge in [0.15, 0.2) is 0 Å². The first-order valence-electron chi connectivity index (χ1n) is 11.6. The number of rotatable bonds is 7. The van der Waals surface area contributed by atoms with E-state index < -0.39 is 27.2 Å². The van der Waals surface area contributed by atoms with Crippen LogP contribution in [0.4, 0.5) is 11.4 Å². The molecule has 2 aromatic carbocycles. The van der Waals surface area contributed by atoms with Crippen LogP contribution in [0.2, 0.25) is 0 Å². The molecule has 1 aliphatic heterocycles. The number of nitrogens with one attached hydrogen (secondary N) is 2. The second-order valence-corrected chi connectivity index (χ2v) is 10.9. The van der Waals surface area contributed by atoms with Crippen LogP contribution in [-0.4, -0.2) is 33.2 Å². The predicted molar refractivity (Wildman–Crippen MR) is 129 cm³/mol. The minimum Gasteiger partial charge on any atom is -0.372 e. The maximum absolute atomic E-state index is 12.8. The van der Waals surface area contributed by atoms with Crippen LogP contribution in [0.15, 0.2) is 48.5 Å². The number of piperidine rings is 1. The molecule has 1 aliphatic carbocycles. The lowest BCUT2D eigenvalue weighted by Crippen LogP contribution is -2.46. The molecule has 2 fully saturated rings. The number of hydrogen-bond acceptors (Lipinski definition) is 4. The van der Waals surface area contributed by atoms with Crippen molar-refractivity contribution < 1.29 is 13.2 Å². The molecule has 1 saturated carbocycles. The number of amides is 1. The van der Waals surface area contributed by atoms with Gasteiger partial charge in [0.1, 0.15) is 5.75 Å². The van der Waals surface area contributed by atoms with Gasteiger partial charge >= 0.3 is 0 Å². The van der Waals surface area contributed by atoms with Gasteiger partial charge in [-0.2, -0.15) is 0 Å². The highest BCUT2D eigenvalue weighted by atomic mass is 32.2. The van der Waals surface area contributed by atoms with Crippen LogP contribution in [0.1, 0.15) is 56.1 Å². The molecule has 172 valence electrons. The second kappa shape index (κ2) is 9.53. The highest BCUT2D eigenvalue weighted by molar-refractivity contribution is 7.93. The topological polar surface area (TPSA) is 78.5 Å². The maximum atomic E-state index is 12.8. The first kappa shape index (κ1) is 22.6. The molecule has 1 saturated heterocycles. The largest absolute Gasteiger partial charge is 0.372 e. The van der Waals surface area contributed by atoms with Crippen LogP contribution in [0.3, 0.4) is 0 Å². The lowest BCUT2D eigenvalue weighted by atomic mass is 9.87. The third kappa shape index (κ3) is 5.44. The number of anilines is 2. The van der Waals surface area contributed by atoms with Crippen LogP contribution in [0, 0.1) is 6.92 Å². The van der Waals surface area contributed by atoms with Gasteiger partial charge in [-0.3, -0.25) is 9.52 Å². The van der Waals surface area contributed by atoms with Gasteiger partial charge in [0, 0.05) is 24.5 Å². The first-order valence-corrected chi connectivity index (χ1v) is 13.2. The smallest absolute Gasteiger partial charge is 0.241 e. The summed E-state index contributed by atoms with van der Waals surface area (Å²) in [5, 5.41) is 3.07. The molecular formula is C25H33N3O3S. The van der Waals surface area contributed by atoms with Crippen molar-refractivity contribution in [2.75, 3.05) is 28.5 Å². The Bertz CT molecular complexity index is 1040. The summed E-state index contributed by atoms with van der Waals surface area (Å²) in [6.45, 7) is 4.10. The zero-order valence-electron chi connectivity index (χ0n) is 18.8. The normalized spacial score (nSPS) is 18.3. The van der Waals surface area contributed by atoms with E-state index >= 15 is 0 Å². The monoisotopic (exact) mass is 455 g/mol. The van der Waals surface area contributed by atoms with Gasteiger partial charge in [-0.25, -0.2) is 8.42 Å². The van der Waals surface area contributed by atoms with Crippen molar-refractivity contribution in [1.29, 1.82) is 0 Å². The number of carbonyl (C=O) groups is 1. The Balaban J connectivity index is 1.39. The van der Waals surface area contributed by atoms with Gasteiger partial charge in [0.2, 0.25) is 15.9 Å². The third-order valence-corrected chi connectivity index (χ3v) is 7.78. The van der Waals surface area contributed by atoms with Crippen molar-refractivity contribution >= 4 is 27.3 Å². The Morgan fingerprint density at radius 1 is 0.969 bits per heavy atom. The molecular weight excluding hydrogens is 422 g/mol. The lowest BCUT2D eigenvalue weighted by molar-refractivity contribution is -0.120. The fourth-order valence-electron chi connectivity index (χ4n) is 4.99. The van der Waals surface area contributed by atoms with Gasteiger partial charge in [0.25, 0.3) is 0 Å². The summed E-state index contributed by atoms with van der Waals surface area (Å²) in [6.07, 6.45) is 7.33. The van der Waals surface area contributed by atoms with E-state index in [2.05, 4.69) is 21.0 Å². The molecule has 0 aromatic heterocycles. The fraction of sp³-hybridized carbons (Fsp3) is 0.480. The SMILES string of the molecule is Cc1cccc(C2(NC(=O)CS(=O)(=O)Nc3ccc(N4CCCCC4)cc3)CCCC2)c1. The Morgan fingerprint density at radius 3 is 2.31 bits per heavy atom. The average molecular weight is 456 g/mol. The van der Waals surface area contributed by atoms with E-state index in [4.69, 9.17) is 0 Å². The number of nitrogens with zero attached hydrogens (tertiary/aromatic N) is 1. The fourth-order valence-corrected chi connectivity index (χ4v) is 5.98. The predicted octanol–water partition coefficient (Wildman–Crippen LogP) is 4.31. The second-order valence-electron chi connectivity index (χ2n) is 9.16. The quantitative estimate of drug-likeness (QED) is 0.652. The third-order valence-electron chi connectivity index (χ3n) is 6.59. The molecule has 1 heterocycles. The summed E-state index contributed by atoms with van der Waals surface area (Å²) < 4.78 is 27.9. The van der Waals surface area contributed by atoms with E-state index in [1.54, 1.807) is 12.1 Å². The number of hydrogen-bond donors (Lipinski definition) is 2. The molecule has 2 N–H and O–H groups in total. The van der Waals surface area contributed by atoms with Crippen molar-refractivity contribution in [3.05, 3.63) is 59.7 Å². The molecule has 6 nitrogen and oxygen atoms in total. The maximum Gasteiger partial charge on any atom is 0.241 e. The van der Waals surface area contributed by atoms with Crippen molar-refractivity contribution in [2.45, 2.75) is 57.4 Å². The molecule has 2 aliphatic rings. The Hall–Kier alpha value is -2.54. The highest BCUT2D eigenvalue weighted by Gasteiger charge is 2.37. The van der Waals surface area contributed by atoms with Gasteiger partial charge in [-0.1, -0.05) is 42.7 Å². The molecule has 4 rings (SSSR count). The van der Waals surface area contributed by atoms with E-state index in [9.17, 15) is 13.2 Å². The standard InChI is InChI=1S/C25H33N3O3S/c1-20-8-7-9-21(18-20)25(14-3-4-15-25)26-24(29)19-32(30,31)27-22-10-12-23(13-11-22)28-16-5-2-6-17-28/h7-13,18,27H,2-6,14-17,19H2,1H3,(H,26,29). The van der Waals surface area contributed by atoms with E-state index in [1.165, 1.54) is 19.3 Å². The Morgan fingerprint density at radius 2 is 1.66 bits per heavy atom. The van der Waals surface area contributed by atoms with Gasteiger partial charge in [0.05, 0.1) is 5.54 Å². The molecule has 32 heavy (non-hydrogen) atoms. The zero-order valence-corrected chi connectivity index (χ0v) is 19.6. The van der Waals surface area contributed by atoms with Crippen molar-refractivity contribution in [3.63, 3.8) is 0 Å². The summed E-state index contributed by atoms with van der Waals surface area (Å²) in [4.78, 5) is 15.1. The van der Waals surface area contributed by atoms with Crippen LogP contribution in [0.25, 0.3) is 0 Å². The molecule has 7 heteroatoms. The Kier molecular flexibility index (Phi) is 6.74. The zero-order chi connectivity index (χ0) is 22.6. The average Bonchev–Trinajstić information content (AvgIpc) is 3.23. The molecule has 0 radical (unpaired) electrons.